The number of rotatable bonds is 5. The van der Waals surface area contributed by atoms with Crippen molar-refractivity contribution in [2.75, 3.05) is 31.9 Å². The van der Waals surface area contributed by atoms with Gasteiger partial charge >= 0.3 is 0 Å². The van der Waals surface area contributed by atoms with Crippen LogP contribution in [-0.2, 0) is 4.79 Å². The summed E-state index contributed by atoms with van der Waals surface area (Å²) in [6.45, 7) is 5.79. The third kappa shape index (κ3) is 4.35. The Kier molecular flexibility index (Phi) is 5.78. The lowest BCUT2D eigenvalue weighted by atomic mass is 10.2. The molecule has 2 aliphatic rings. The second kappa shape index (κ2) is 8.44. The molecule has 2 fully saturated rings. The van der Waals surface area contributed by atoms with Gasteiger partial charge in [-0.3, -0.25) is 14.3 Å². The van der Waals surface area contributed by atoms with E-state index in [0.29, 0.717) is 5.75 Å². The average molecular weight is 386 g/mol. The van der Waals surface area contributed by atoms with E-state index in [9.17, 15) is 4.79 Å². The summed E-state index contributed by atoms with van der Waals surface area (Å²) in [4.78, 5) is 17.2. The summed E-state index contributed by atoms with van der Waals surface area (Å²) in [5.74, 6) is 0.609. The molecule has 0 unspecified atom stereocenters. The second-order valence-corrected chi connectivity index (χ2v) is 8.41. The standard InChI is InChI=1S/C20H27N5OS/c1-16-6-8-18(9-7-16)25-15-21-22-20(25)27-14-19(26)24-12-10-23(11-13-24)17-4-2-3-5-17/h6-9,15,17H,2-5,10-14H2,1H3. The third-order valence-corrected chi connectivity index (χ3v) is 6.59. The summed E-state index contributed by atoms with van der Waals surface area (Å²) in [7, 11) is 0. The van der Waals surface area contributed by atoms with Crippen molar-refractivity contribution in [3.8, 4) is 5.69 Å². The first-order chi connectivity index (χ1) is 13.2. The maximum Gasteiger partial charge on any atom is 0.233 e. The maximum atomic E-state index is 12.6. The van der Waals surface area contributed by atoms with Gasteiger partial charge in [-0.15, -0.1) is 10.2 Å². The number of amides is 1. The van der Waals surface area contributed by atoms with Crippen molar-refractivity contribution in [3.05, 3.63) is 36.2 Å². The van der Waals surface area contributed by atoms with Crippen molar-refractivity contribution in [1.82, 2.24) is 24.6 Å². The third-order valence-electron chi connectivity index (χ3n) is 5.66. The van der Waals surface area contributed by atoms with Crippen molar-refractivity contribution in [2.24, 2.45) is 0 Å². The molecule has 0 N–H and O–H groups in total. The van der Waals surface area contributed by atoms with Crippen molar-refractivity contribution >= 4 is 17.7 Å². The smallest absolute Gasteiger partial charge is 0.233 e. The number of nitrogens with zero attached hydrogens (tertiary/aromatic N) is 5. The molecule has 6 nitrogen and oxygen atoms in total. The lowest BCUT2D eigenvalue weighted by Crippen LogP contribution is -2.51. The number of carbonyl (C=O) groups is 1. The van der Waals surface area contributed by atoms with Gasteiger partial charge in [-0.25, -0.2) is 0 Å². The van der Waals surface area contributed by atoms with Gasteiger partial charge in [0, 0.05) is 37.9 Å². The summed E-state index contributed by atoms with van der Waals surface area (Å²) in [6.07, 6.45) is 7.10. The van der Waals surface area contributed by atoms with Gasteiger partial charge < -0.3 is 4.90 Å². The quantitative estimate of drug-likeness (QED) is 0.741. The topological polar surface area (TPSA) is 54.3 Å². The van der Waals surface area contributed by atoms with Crippen molar-refractivity contribution < 1.29 is 4.79 Å². The predicted molar refractivity (Wildman–Crippen MR) is 107 cm³/mol. The highest BCUT2D eigenvalue weighted by molar-refractivity contribution is 7.99. The van der Waals surface area contributed by atoms with Crippen LogP contribution in [0.4, 0.5) is 0 Å². The van der Waals surface area contributed by atoms with E-state index in [1.54, 1.807) is 6.33 Å². The first kappa shape index (κ1) is 18.5. The van der Waals surface area contributed by atoms with Crippen LogP contribution in [0.5, 0.6) is 0 Å². The van der Waals surface area contributed by atoms with E-state index in [4.69, 9.17) is 0 Å². The zero-order chi connectivity index (χ0) is 18.6. The monoisotopic (exact) mass is 385 g/mol. The van der Waals surface area contributed by atoms with E-state index >= 15 is 0 Å². The molecule has 0 atom stereocenters. The minimum Gasteiger partial charge on any atom is -0.339 e. The molecular weight excluding hydrogens is 358 g/mol. The molecule has 0 radical (unpaired) electrons. The molecule has 2 aromatic rings. The molecule has 2 heterocycles. The van der Waals surface area contributed by atoms with E-state index in [1.165, 1.54) is 43.0 Å². The Bertz CT molecular complexity index is 761. The molecule has 1 aliphatic carbocycles. The Morgan fingerprint density at radius 1 is 1.11 bits per heavy atom. The number of piperazine rings is 1. The van der Waals surface area contributed by atoms with Crippen LogP contribution < -0.4 is 0 Å². The van der Waals surface area contributed by atoms with Crippen LogP contribution in [0.15, 0.2) is 35.7 Å². The molecule has 1 aromatic heterocycles. The number of hydrogen-bond acceptors (Lipinski definition) is 5. The fourth-order valence-electron chi connectivity index (χ4n) is 4.03. The van der Waals surface area contributed by atoms with E-state index in [2.05, 4.69) is 34.2 Å². The number of benzene rings is 1. The van der Waals surface area contributed by atoms with Gasteiger partial charge in [0.2, 0.25) is 5.91 Å². The Hall–Kier alpha value is -1.86. The molecule has 0 bridgehead atoms. The molecule has 144 valence electrons. The van der Waals surface area contributed by atoms with Gasteiger partial charge in [-0.05, 0) is 31.9 Å². The minimum atomic E-state index is 0.199. The zero-order valence-electron chi connectivity index (χ0n) is 15.9. The van der Waals surface area contributed by atoms with Gasteiger partial charge in [0.1, 0.15) is 6.33 Å². The SMILES string of the molecule is Cc1ccc(-n2cnnc2SCC(=O)N2CCN(C3CCCC3)CC2)cc1. The van der Waals surface area contributed by atoms with Crippen LogP contribution in [0.3, 0.4) is 0 Å². The second-order valence-electron chi connectivity index (χ2n) is 7.46. The zero-order valence-corrected chi connectivity index (χ0v) is 16.7. The summed E-state index contributed by atoms with van der Waals surface area (Å²) in [5.41, 5.74) is 2.23. The summed E-state index contributed by atoms with van der Waals surface area (Å²) in [6, 6.07) is 8.99. The van der Waals surface area contributed by atoms with Gasteiger partial charge in [-0.2, -0.15) is 0 Å². The molecule has 1 saturated carbocycles. The van der Waals surface area contributed by atoms with Gasteiger partial charge in [0.05, 0.1) is 5.75 Å². The Morgan fingerprint density at radius 2 is 1.81 bits per heavy atom. The summed E-state index contributed by atoms with van der Waals surface area (Å²) < 4.78 is 1.94. The molecule has 7 heteroatoms. The predicted octanol–water partition coefficient (Wildman–Crippen LogP) is 2.75. The van der Waals surface area contributed by atoms with E-state index in [-0.39, 0.29) is 5.91 Å². The molecule has 0 spiro atoms. The average Bonchev–Trinajstić information content (AvgIpc) is 3.39. The van der Waals surface area contributed by atoms with Crippen LogP contribution in [0.1, 0.15) is 31.2 Å². The highest BCUT2D eigenvalue weighted by Crippen LogP contribution is 2.25. The fraction of sp³-hybridized carbons (Fsp3) is 0.550. The van der Waals surface area contributed by atoms with Crippen LogP contribution in [-0.4, -0.2) is 68.4 Å². The highest BCUT2D eigenvalue weighted by atomic mass is 32.2. The Labute approximate surface area is 164 Å². The van der Waals surface area contributed by atoms with Gasteiger partial charge in [0.25, 0.3) is 0 Å². The summed E-state index contributed by atoms with van der Waals surface area (Å²) in [5, 5.41) is 8.98. The van der Waals surface area contributed by atoms with Crippen LogP contribution in [0.2, 0.25) is 0 Å². The number of aromatic nitrogens is 3. The molecular formula is C20H27N5OS. The molecule has 1 amide bonds. The number of aryl methyl sites for hydroxylation is 1. The van der Waals surface area contributed by atoms with Crippen LogP contribution in [0, 0.1) is 6.92 Å². The highest BCUT2D eigenvalue weighted by Gasteiger charge is 2.27. The van der Waals surface area contributed by atoms with Crippen LogP contribution in [0.25, 0.3) is 5.69 Å². The lowest BCUT2D eigenvalue weighted by Gasteiger charge is -2.38. The first-order valence-electron chi connectivity index (χ1n) is 9.82. The molecule has 27 heavy (non-hydrogen) atoms. The number of thioether (sulfide) groups is 1. The molecule has 4 rings (SSSR count). The van der Waals surface area contributed by atoms with E-state index in [0.717, 1.165) is 43.1 Å². The molecule has 1 aliphatic heterocycles. The normalized spacial score (nSPS) is 18.9. The van der Waals surface area contributed by atoms with Crippen molar-refractivity contribution in [1.29, 1.82) is 0 Å². The maximum absolute atomic E-state index is 12.6. The summed E-state index contributed by atoms with van der Waals surface area (Å²) >= 11 is 1.47. The molecule has 1 saturated heterocycles. The van der Waals surface area contributed by atoms with E-state index < -0.39 is 0 Å². The lowest BCUT2D eigenvalue weighted by molar-refractivity contribution is -0.130. The van der Waals surface area contributed by atoms with Crippen LogP contribution >= 0.6 is 11.8 Å². The Balaban J connectivity index is 1.30. The largest absolute Gasteiger partial charge is 0.339 e. The Morgan fingerprint density at radius 3 is 2.52 bits per heavy atom. The minimum absolute atomic E-state index is 0.199. The number of carbonyl (C=O) groups excluding carboxylic acids is 1. The van der Waals surface area contributed by atoms with Gasteiger partial charge in [-0.1, -0.05) is 42.3 Å². The van der Waals surface area contributed by atoms with E-state index in [1.807, 2.05) is 21.6 Å². The molecule has 1 aromatic carbocycles. The van der Waals surface area contributed by atoms with Gasteiger partial charge in [0.15, 0.2) is 5.16 Å². The van der Waals surface area contributed by atoms with Crippen molar-refractivity contribution in [2.45, 2.75) is 43.8 Å². The first-order valence-corrected chi connectivity index (χ1v) is 10.8. The number of hydrogen-bond donors (Lipinski definition) is 0. The van der Waals surface area contributed by atoms with Crippen molar-refractivity contribution in [3.63, 3.8) is 0 Å². The fourth-order valence-corrected chi connectivity index (χ4v) is 4.86.